The standard InChI is InChI=1S/C14H18BrNO/c1-11-2-4-12(5-3-11)10-14(17)16-8-6-13(15)7-9-16/h2-5,13H,6-10H2,1H3. The molecule has 17 heavy (non-hydrogen) atoms. The lowest BCUT2D eigenvalue weighted by Crippen LogP contribution is -2.39. The summed E-state index contributed by atoms with van der Waals surface area (Å²) in [5.74, 6) is 0.258. The number of carbonyl (C=O) groups excluding carboxylic acids is 1. The monoisotopic (exact) mass is 295 g/mol. The first kappa shape index (κ1) is 12.6. The molecule has 92 valence electrons. The van der Waals surface area contributed by atoms with E-state index in [2.05, 4.69) is 35.0 Å². The second-order valence-electron chi connectivity index (χ2n) is 4.72. The molecule has 0 bridgehead atoms. The molecule has 1 aliphatic heterocycles. The third kappa shape index (κ3) is 3.56. The van der Waals surface area contributed by atoms with E-state index in [1.807, 2.05) is 17.0 Å². The average Bonchev–Trinajstić information content (AvgIpc) is 2.33. The molecule has 0 radical (unpaired) electrons. The molecule has 3 heteroatoms. The van der Waals surface area contributed by atoms with Gasteiger partial charge < -0.3 is 4.90 Å². The van der Waals surface area contributed by atoms with Gasteiger partial charge in [-0.15, -0.1) is 0 Å². The number of alkyl halides is 1. The van der Waals surface area contributed by atoms with E-state index in [-0.39, 0.29) is 5.91 Å². The number of carbonyl (C=O) groups is 1. The van der Waals surface area contributed by atoms with E-state index in [4.69, 9.17) is 0 Å². The van der Waals surface area contributed by atoms with Crippen LogP contribution in [0.3, 0.4) is 0 Å². The number of amides is 1. The number of benzene rings is 1. The summed E-state index contributed by atoms with van der Waals surface area (Å²) in [5, 5.41) is 0. The summed E-state index contributed by atoms with van der Waals surface area (Å²) in [7, 11) is 0. The van der Waals surface area contributed by atoms with Crippen LogP contribution in [0.15, 0.2) is 24.3 Å². The Morgan fingerprint density at radius 2 is 1.88 bits per heavy atom. The lowest BCUT2D eigenvalue weighted by atomic mass is 10.1. The van der Waals surface area contributed by atoms with E-state index >= 15 is 0 Å². The summed E-state index contributed by atoms with van der Waals surface area (Å²) in [6, 6.07) is 8.22. The Morgan fingerprint density at radius 3 is 2.47 bits per heavy atom. The quantitative estimate of drug-likeness (QED) is 0.768. The molecular weight excluding hydrogens is 278 g/mol. The van der Waals surface area contributed by atoms with Crippen LogP contribution in [0.4, 0.5) is 0 Å². The van der Waals surface area contributed by atoms with Crippen molar-refractivity contribution in [3.05, 3.63) is 35.4 Å². The minimum atomic E-state index is 0.258. The van der Waals surface area contributed by atoms with Crippen molar-refractivity contribution in [1.29, 1.82) is 0 Å². The predicted octanol–water partition coefficient (Wildman–Crippen LogP) is 2.92. The molecule has 0 atom stereocenters. The van der Waals surface area contributed by atoms with Gasteiger partial charge in [0.1, 0.15) is 0 Å². The highest BCUT2D eigenvalue weighted by molar-refractivity contribution is 9.09. The Bertz CT molecular complexity index is 380. The van der Waals surface area contributed by atoms with E-state index in [1.165, 1.54) is 5.56 Å². The predicted molar refractivity (Wildman–Crippen MR) is 73.4 cm³/mol. The fourth-order valence-corrected chi connectivity index (χ4v) is 2.50. The van der Waals surface area contributed by atoms with Gasteiger partial charge in [-0.1, -0.05) is 45.8 Å². The first-order chi connectivity index (χ1) is 8.15. The zero-order chi connectivity index (χ0) is 12.3. The summed E-state index contributed by atoms with van der Waals surface area (Å²) >= 11 is 3.60. The average molecular weight is 296 g/mol. The van der Waals surface area contributed by atoms with Crippen molar-refractivity contribution in [2.45, 2.75) is 31.0 Å². The summed E-state index contributed by atoms with van der Waals surface area (Å²) in [6.07, 6.45) is 2.67. The van der Waals surface area contributed by atoms with Gasteiger partial charge in [-0.3, -0.25) is 4.79 Å². The van der Waals surface area contributed by atoms with Crippen LogP contribution < -0.4 is 0 Å². The van der Waals surface area contributed by atoms with Gasteiger partial charge in [-0.05, 0) is 25.3 Å². The highest BCUT2D eigenvalue weighted by atomic mass is 79.9. The SMILES string of the molecule is Cc1ccc(CC(=O)N2CCC(Br)CC2)cc1. The number of aryl methyl sites for hydroxylation is 1. The Morgan fingerprint density at radius 1 is 1.29 bits per heavy atom. The second-order valence-corrected chi connectivity index (χ2v) is 6.01. The molecule has 1 heterocycles. The fourth-order valence-electron chi connectivity index (χ4n) is 2.09. The molecule has 0 aliphatic carbocycles. The van der Waals surface area contributed by atoms with E-state index < -0.39 is 0 Å². The van der Waals surface area contributed by atoms with Crippen molar-refractivity contribution in [3.63, 3.8) is 0 Å². The lowest BCUT2D eigenvalue weighted by Gasteiger charge is -2.29. The van der Waals surface area contributed by atoms with Crippen LogP contribution in [0.2, 0.25) is 0 Å². The van der Waals surface area contributed by atoms with E-state index in [1.54, 1.807) is 0 Å². The Labute approximate surface area is 111 Å². The van der Waals surface area contributed by atoms with Crippen molar-refractivity contribution >= 4 is 21.8 Å². The van der Waals surface area contributed by atoms with Gasteiger partial charge in [0, 0.05) is 17.9 Å². The topological polar surface area (TPSA) is 20.3 Å². The molecule has 2 rings (SSSR count). The van der Waals surface area contributed by atoms with Gasteiger partial charge in [0.25, 0.3) is 0 Å². The largest absolute Gasteiger partial charge is 0.342 e. The maximum atomic E-state index is 12.1. The summed E-state index contributed by atoms with van der Waals surface area (Å²) in [6.45, 7) is 3.84. The van der Waals surface area contributed by atoms with E-state index in [0.717, 1.165) is 31.5 Å². The second kappa shape index (κ2) is 5.67. The summed E-state index contributed by atoms with van der Waals surface area (Å²) < 4.78 is 0. The van der Waals surface area contributed by atoms with Crippen molar-refractivity contribution in [3.8, 4) is 0 Å². The normalized spacial score (nSPS) is 17.2. The Balaban J connectivity index is 1.90. The molecule has 0 aromatic heterocycles. The maximum absolute atomic E-state index is 12.1. The highest BCUT2D eigenvalue weighted by Gasteiger charge is 2.20. The molecule has 2 nitrogen and oxygen atoms in total. The Hall–Kier alpha value is -0.830. The summed E-state index contributed by atoms with van der Waals surface area (Å²) in [5.41, 5.74) is 2.35. The lowest BCUT2D eigenvalue weighted by molar-refractivity contribution is -0.131. The zero-order valence-corrected chi connectivity index (χ0v) is 11.7. The fraction of sp³-hybridized carbons (Fsp3) is 0.500. The van der Waals surface area contributed by atoms with Crippen LogP contribution in [-0.2, 0) is 11.2 Å². The number of hydrogen-bond acceptors (Lipinski definition) is 1. The van der Waals surface area contributed by atoms with Gasteiger partial charge in [-0.25, -0.2) is 0 Å². The van der Waals surface area contributed by atoms with Crippen molar-refractivity contribution in [2.24, 2.45) is 0 Å². The molecule has 1 aliphatic rings. The summed E-state index contributed by atoms with van der Waals surface area (Å²) in [4.78, 5) is 14.6. The first-order valence-corrected chi connectivity index (χ1v) is 7.04. The molecular formula is C14H18BrNO. The third-order valence-corrected chi connectivity index (χ3v) is 4.17. The van der Waals surface area contributed by atoms with Gasteiger partial charge in [-0.2, -0.15) is 0 Å². The van der Waals surface area contributed by atoms with Crippen molar-refractivity contribution in [1.82, 2.24) is 4.90 Å². The van der Waals surface area contributed by atoms with Crippen molar-refractivity contribution < 1.29 is 4.79 Å². The van der Waals surface area contributed by atoms with Crippen LogP contribution in [0.5, 0.6) is 0 Å². The number of halogens is 1. The molecule has 1 saturated heterocycles. The van der Waals surface area contributed by atoms with Gasteiger partial charge >= 0.3 is 0 Å². The van der Waals surface area contributed by atoms with E-state index in [9.17, 15) is 4.79 Å². The molecule has 1 aromatic rings. The van der Waals surface area contributed by atoms with Crippen molar-refractivity contribution in [2.75, 3.05) is 13.1 Å². The minimum absolute atomic E-state index is 0.258. The number of likely N-dealkylation sites (tertiary alicyclic amines) is 1. The van der Waals surface area contributed by atoms with Gasteiger partial charge in [0.2, 0.25) is 5.91 Å². The Kier molecular flexibility index (Phi) is 4.21. The van der Waals surface area contributed by atoms with Crippen LogP contribution >= 0.6 is 15.9 Å². The van der Waals surface area contributed by atoms with Crippen LogP contribution in [-0.4, -0.2) is 28.7 Å². The van der Waals surface area contributed by atoms with Gasteiger partial charge in [0.15, 0.2) is 0 Å². The number of piperidine rings is 1. The maximum Gasteiger partial charge on any atom is 0.226 e. The molecule has 0 unspecified atom stereocenters. The minimum Gasteiger partial charge on any atom is -0.342 e. The smallest absolute Gasteiger partial charge is 0.226 e. The molecule has 0 N–H and O–H groups in total. The molecule has 1 amide bonds. The van der Waals surface area contributed by atoms with Gasteiger partial charge in [0.05, 0.1) is 6.42 Å². The number of rotatable bonds is 2. The van der Waals surface area contributed by atoms with Crippen LogP contribution in [0, 0.1) is 6.92 Å². The molecule has 0 spiro atoms. The van der Waals surface area contributed by atoms with E-state index in [0.29, 0.717) is 11.2 Å². The zero-order valence-electron chi connectivity index (χ0n) is 10.2. The molecule has 1 fully saturated rings. The van der Waals surface area contributed by atoms with Crippen LogP contribution in [0.25, 0.3) is 0 Å². The first-order valence-electron chi connectivity index (χ1n) is 6.12. The highest BCUT2D eigenvalue weighted by Crippen LogP contribution is 2.18. The molecule has 0 saturated carbocycles. The number of nitrogens with zero attached hydrogens (tertiary/aromatic N) is 1. The van der Waals surface area contributed by atoms with Crippen LogP contribution in [0.1, 0.15) is 24.0 Å². The molecule has 1 aromatic carbocycles. The number of hydrogen-bond donors (Lipinski definition) is 0. The third-order valence-electron chi connectivity index (χ3n) is 3.25.